The van der Waals surface area contributed by atoms with E-state index < -0.39 is 5.82 Å². The van der Waals surface area contributed by atoms with Gasteiger partial charge in [0.05, 0.1) is 10.6 Å². The Morgan fingerprint density at radius 1 is 1.47 bits per heavy atom. The smallest absolute Gasteiger partial charge is 0.255 e. The van der Waals surface area contributed by atoms with Gasteiger partial charge in [-0.1, -0.05) is 11.6 Å². The van der Waals surface area contributed by atoms with E-state index in [1.54, 1.807) is 4.90 Å². The second kappa shape index (κ2) is 6.37. The number of amides is 1. The number of carbonyl (C=O) groups is 1. The standard InChI is InChI=1S/C13H15ClFIN2O/c1-17-8-2-4-18(5-3-8)13(19)9-6-12(16)11(15)7-10(9)14/h6-8,17H,2-5H2,1H3. The topological polar surface area (TPSA) is 32.3 Å². The summed E-state index contributed by atoms with van der Waals surface area (Å²) in [5, 5.41) is 3.40. The van der Waals surface area contributed by atoms with E-state index in [0.29, 0.717) is 28.3 Å². The summed E-state index contributed by atoms with van der Waals surface area (Å²) in [6.45, 7) is 1.41. The number of benzene rings is 1. The Balaban J connectivity index is 2.14. The molecule has 1 saturated heterocycles. The van der Waals surface area contributed by atoms with Crippen LogP contribution in [0.5, 0.6) is 0 Å². The molecule has 1 heterocycles. The predicted molar refractivity (Wildman–Crippen MR) is 82.1 cm³/mol. The van der Waals surface area contributed by atoms with Crippen molar-refractivity contribution in [3.05, 3.63) is 32.1 Å². The Morgan fingerprint density at radius 2 is 2.11 bits per heavy atom. The molecule has 1 aliphatic heterocycles. The summed E-state index contributed by atoms with van der Waals surface area (Å²) in [7, 11) is 1.93. The number of nitrogens with zero attached hydrogens (tertiary/aromatic N) is 1. The van der Waals surface area contributed by atoms with E-state index in [1.165, 1.54) is 12.1 Å². The van der Waals surface area contributed by atoms with Crippen LogP contribution in [-0.4, -0.2) is 37.0 Å². The molecule has 0 atom stereocenters. The Morgan fingerprint density at radius 3 is 2.68 bits per heavy atom. The fraction of sp³-hybridized carbons (Fsp3) is 0.462. The van der Waals surface area contributed by atoms with Gasteiger partial charge in [-0.15, -0.1) is 0 Å². The van der Waals surface area contributed by atoms with Gasteiger partial charge in [0.1, 0.15) is 5.82 Å². The number of piperidine rings is 1. The van der Waals surface area contributed by atoms with Crippen LogP contribution in [0.15, 0.2) is 12.1 Å². The Bertz CT molecular complexity index is 490. The van der Waals surface area contributed by atoms with Gasteiger partial charge in [0, 0.05) is 22.7 Å². The normalized spacial score (nSPS) is 16.7. The lowest BCUT2D eigenvalue weighted by Crippen LogP contribution is -2.44. The molecular weight excluding hydrogens is 382 g/mol. The number of halogens is 3. The van der Waals surface area contributed by atoms with E-state index >= 15 is 0 Å². The summed E-state index contributed by atoms with van der Waals surface area (Å²) in [6.07, 6.45) is 1.86. The molecule has 0 aliphatic carbocycles. The van der Waals surface area contributed by atoms with Crippen LogP contribution in [0.1, 0.15) is 23.2 Å². The molecule has 0 spiro atoms. The molecular formula is C13H15ClFIN2O. The lowest BCUT2D eigenvalue weighted by Gasteiger charge is -2.32. The van der Waals surface area contributed by atoms with Crippen LogP contribution in [-0.2, 0) is 0 Å². The van der Waals surface area contributed by atoms with Crippen LogP contribution >= 0.6 is 34.2 Å². The van der Waals surface area contributed by atoms with Gasteiger partial charge in [-0.2, -0.15) is 0 Å². The number of rotatable bonds is 2. The molecule has 1 aromatic carbocycles. The van der Waals surface area contributed by atoms with Crippen molar-refractivity contribution in [3.63, 3.8) is 0 Å². The maximum absolute atomic E-state index is 13.3. The molecule has 0 unspecified atom stereocenters. The molecule has 3 nitrogen and oxygen atoms in total. The summed E-state index contributed by atoms with van der Waals surface area (Å²) in [6, 6.07) is 3.19. The first-order chi connectivity index (χ1) is 9.02. The van der Waals surface area contributed by atoms with Gasteiger partial charge < -0.3 is 10.2 Å². The molecule has 0 bridgehead atoms. The first kappa shape index (κ1) is 15.0. The molecule has 1 amide bonds. The molecule has 0 saturated carbocycles. The van der Waals surface area contributed by atoms with Crippen LogP contribution in [0.25, 0.3) is 0 Å². The minimum atomic E-state index is -0.393. The van der Waals surface area contributed by atoms with Gasteiger partial charge in [-0.3, -0.25) is 4.79 Å². The Hall–Kier alpha value is -0.400. The Kier molecular flexibility index (Phi) is 5.03. The first-order valence-corrected chi connectivity index (χ1v) is 7.59. The van der Waals surface area contributed by atoms with E-state index in [4.69, 9.17) is 11.6 Å². The summed E-state index contributed by atoms with van der Waals surface area (Å²) < 4.78 is 13.7. The number of hydrogen-bond donors (Lipinski definition) is 1. The first-order valence-electron chi connectivity index (χ1n) is 6.14. The summed E-state index contributed by atoms with van der Waals surface area (Å²) in [4.78, 5) is 14.2. The van der Waals surface area contributed by atoms with Gasteiger partial charge in [0.2, 0.25) is 0 Å². The van der Waals surface area contributed by atoms with E-state index in [9.17, 15) is 9.18 Å². The highest BCUT2D eigenvalue weighted by Crippen LogP contribution is 2.24. The molecule has 1 fully saturated rings. The van der Waals surface area contributed by atoms with Crippen molar-refractivity contribution >= 4 is 40.1 Å². The number of nitrogens with one attached hydrogen (secondary N) is 1. The zero-order valence-corrected chi connectivity index (χ0v) is 13.5. The van der Waals surface area contributed by atoms with Gasteiger partial charge in [0.15, 0.2) is 0 Å². The third-order valence-corrected chi connectivity index (χ3v) is 4.57. The van der Waals surface area contributed by atoms with Gasteiger partial charge in [-0.05, 0) is 54.6 Å². The van der Waals surface area contributed by atoms with Gasteiger partial charge >= 0.3 is 0 Å². The fourth-order valence-corrected chi connectivity index (χ4v) is 2.93. The minimum absolute atomic E-state index is 0.113. The van der Waals surface area contributed by atoms with Crippen molar-refractivity contribution in [1.82, 2.24) is 10.2 Å². The minimum Gasteiger partial charge on any atom is -0.338 e. The van der Waals surface area contributed by atoms with Crippen molar-refractivity contribution in [2.45, 2.75) is 18.9 Å². The quantitative estimate of drug-likeness (QED) is 0.616. The second-order valence-corrected chi connectivity index (χ2v) is 6.17. The summed E-state index contributed by atoms with van der Waals surface area (Å²) in [5.41, 5.74) is 0.385. The van der Waals surface area contributed by atoms with Crippen molar-refractivity contribution in [2.24, 2.45) is 0 Å². The number of likely N-dealkylation sites (tertiary alicyclic amines) is 1. The van der Waals surface area contributed by atoms with Crippen LogP contribution in [0, 0.1) is 9.39 Å². The van der Waals surface area contributed by atoms with Crippen molar-refractivity contribution in [1.29, 1.82) is 0 Å². The number of hydrogen-bond acceptors (Lipinski definition) is 2. The molecule has 1 N–H and O–H groups in total. The zero-order valence-electron chi connectivity index (χ0n) is 10.5. The lowest BCUT2D eigenvalue weighted by atomic mass is 10.0. The van der Waals surface area contributed by atoms with E-state index in [2.05, 4.69) is 5.32 Å². The van der Waals surface area contributed by atoms with Crippen molar-refractivity contribution in [2.75, 3.05) is 20.1 Å². The molecule has 0 aromatic heterocycles. The van der Waals surface area contributed by atoms with Crippen LogP contribution in [0.2, 0.25) is 5.02 Å². The maximum Gasteiger partial charge on any atom is 0.255 e. The molecule has 6 heteroatoms. The fourth-order valence-electron chi connectivity index (χ4n) is 2.23. The van der Waals surface area contributed by atoms with E-state index in [0.717, 1.165) is 12.8 Å². The molecule has 2 rings (SSSR count). The largest absolute Gasteiger partial charge is 0.338 e. The highest BCUT2D eigenvalue weighted by molar-refractivity contribution is 14.1. The highest BCUT2D eigenvalue weighted by atomic mass is 127. The van der Waals surface area contributed by atoms with E-state index in [-0.39, 0.29) is 10.9 Å². The average molecular weight is 397 g/mol. The zero-order chi connectivity index (χ0) is 14.0. The predicted octanol–water partition coefficient (Wildman–Crippen LogP) is 2.91. The van der Waals surface area contributed by atoms with E-state index in [1.807, 2.05) is 29.6 Å². The molecule has 1 aliphatic rings. The summed E-state index contributed by atoms with van der Waals surface area (Å²) in [5.74, 6) is -0.506. The highest BCUT2D eigenvalue weighted by Gasteiger charge is 2.24. The Labute approximate surface area is 130 Å². The SMILES string of the molecule is CNC1CCN(C(=O)c2cc(I)c(F)cc2Cl)CC1. The third kappa shape index (κ3) is 3.38. The molecule has 0 radical (unpaired) electrons. The summed E-state index contributed by atoms with van der Waals surface area (Å²) >= 11 is 7.83. The van der Waals surface area contributed by atoms with Gasteiger partial charge in [-0.25, -0.2) is 4.39 Å². The second-order valence-electron chi connectivity index (χ2n) is 4.60. The maximum atomic E-state index is 13.3. The lowest BCUT2D eigenvalue weighted by molar-refractivity contribution is 0.0707. The van der Waals surface area contributed by atoms with Gasteiger partial charge in [0.25, 0.3) is 5.91 Å². The molecule has 104 valence electrons. The van der Waals surface area contributed by atoms with Crippen LogP contribution < -0.4 is 5.32 Å². The molecule has 1 aromatic rings. The third-order valence-electron chi connectivity index (χ3n) is 3.43. The number of carbonyl (C=O) groups excluding carboxylic acids is 1. The monoisotopic (exact) mass is 396 g/mol. The van der Waals surface area contributed by atoms with Crippen molar-refractivity contribution < 1.29 is 9.18 Å². The van der Waals surface area contributed by atoms with Crippen LogP contribution in [0.4, 0.5) is 4.39 Å². The average Bonchev–Trinajstić information content (AvgIpc) is 2.42. The van der Waals surface area contributed by atoms with Crippen molar-refractivity contribution in [3.8, 4) is 0 Å². The van der Waals surface area contributed by atoms with Crippen LogP contribution in [0.3, 0.4) is 0 Å². The molecule has 19 heavy (non-hydrogen) atoms.